The van der Waals surface area contributed by atoms with Gasteiger partial charge >= 0.3 is 0 Å². The molecule has 1 aliphatic rings. The molecule has 1 saturated heterocycles. The normalized spacial score (nSPS) is 14.9. The molecule has 1 aliphatic heterocycles. The summed E-state index contributed by atoms with van der Waals surface area (Å²) in [7, 11) is 1.58. The van der Waals surface area contributed by atoms with Crippen molar-refractivity contribution in [2.45, 2.75) is 0 Å². The summed E-state index contributed by atoms with van der Waals surface area (Å²) >= 11 is 0. The second-order valence-corrected chi connectivity index (χ2v) is 6.99. The fourth-order valence-electron chi connectivity index (χ4n) is 3.27. The largest absolute Gasteiger partial charge is 0.492 e. The van der Waals surface area contributed by atoms with Crippen molar-refractivity contribution in [2.24, 2.45) is 0 Å². The minimum absolute atomic E-state index is 0.0695. The standard InChI is InChI=1S/C22H28N4O3/c1-23-22(28)18-6-5-7-19(16-18)24-21(27)17-26-12-10-25(11-13-26)14-15-29-20-8-3-2-4-9-20/h2-9,16H,10-15,17H2,1H3,(H,23,28)(H,24,27). The zero-order valence-electron chi connectivity index (χ0n) is 16.8. The molecule has 2 N–H and O–H groups in total. The molecule has 7 heteroatoms. The number of anilines is 1. The van der Waals surface area contributed by atoms with Crippen molar-refractivity contribution in [1.82, 2.24) is 15.1 Å². The fraction of sp³-hybridized carbons (Fsp3) is 0.364. The van der Waals surface area contributed by atoms with Crippen LogP contribution in [-0.4, -0.2) is 74.5 Å². The summed E-state index contributed by atoms with van der Waals surface area (Å²) in [5, 5.41) is 5.46. The molecular formula is C22H28N4O3. The van der Waals surface area contributed by atoms with Crippen LogP contribution in [0.1, 0.15) is 10.4 Å². The summed E-state index contributed by atoms with van der Waals surface area (Å²) in [6, 6.07) is 16.8. The van der Waals surface area contributed by atoms with Crippen molar-refractivity contribution in [3.63, 3.8) is 0 Å². The van der Waals surface area contributed by atoms with Crippen molar-refractivity contribution in [3.8, 4) is 5.75 Å². The number of hydrogen-bond acceptors (Lipinski definition) is 5. The van der Waals surface area contributed by atoms with Gasteiger partial charge in [0.1, 0.15) is 12.4 Å². The van der Waals surface area contributed by atoms with Gasteiger partial charge in [-0.2, -0.15) is 0 Å². The highest BCUT2D eigenvalue weighted by atomic mass is 16.5. The van der Waals surface area contributed by atoms with Gasteiger partial charge in [0.2, 0.25) is 5.91 Å². The third-order valence-electron chi connectivity index (χ3n) is 4.89. The van der Waals surface area contributed by atoms with Gasteiger partial charge in [-0.25, -0.2) is 0 Å². The monoisotopic (exact) mass is 396 g/mol. The fourth-order valence-corrected chi connectivity index (χ4v) is 3.27. The van der Waals surface area contributed by atoms with E-state index in [1.807, 2.05) is 30.3 Å². The van der Waals surface area contributed by atoms with Gasteiger partial charge in [0.15, 0.2) is 0 Å². The van der Waals surface area contributed by atoms with E-state index in [1.54, 1.807) is 31.3 Å². The summed E-state index contributed by atoms with van der Waals surface area (Å²) in [5.41, 5.74) is 1.16. The molecule has 2 amide bonds. The van der Waals surface area contributed by atoms with Gasteiger partial charge in [-0.15, -0.1) is 0 Å². The van der Waals surface area contributed by atoms with Crippen molar-refractivity contribution >= 4 is 17.5 Å². The van der Waals surface area contributed by atoms with Gasteiger partial charge in [0, 0.05) is 51.0 Å². The summed E-state index contributed by atoms with van der Waals surface area (Å²) in [6.45, 7) is 5.40. The van der Waals surface area contributed by atoms with Crippen LogP contribution in [0.3, 0.4) is 0 Å². The van der Waals surface area contributed by atoms with Gasteiger partial charge in [-0.3, -0.25) is 19.4 Å². The lowest BCUT2D eigenvalue weighted by molar-refractivity contribution is -0.117. The maximum absolute atomic E-state index is 12.4. The maximum Gasteiger partial charge on any atom is 0.251 e. The molecule has 2 aromatic carbocycles. The van der Waals surface area contributed by atoms with E-state index in [1.165, 1.54) is 0 Å². The summed E-state index contributed by atoms with van der Waals surface area (Å²) in [6.07, 6.45) is 0. The molecule has 0 bridgehead atoms. The van der Waals surface area contributed by atoms with E-state index in [-0.39, 0.29) is 11.8 Å². The highest BCUT2D eigenvalue weighted by Crippen LogP contribution is 2.11. The van der Waals surface area contributed by atoms with Crippen LogP contribution >= 0.6 is 0 Å². The van der Waals surface area contributed by atoms with Crippen LogP contribution in [-0.2, 0) is 4.79 Å². The van der Waals surface area contributed by atoms with Crippen LogP contribution in [0.4, 0.5) is 5.69 Å². The number of benzene rings is 2. The van der Waals surface area contributed by atoms with Crippen LogP contribution in [0.5, 0.6) is 5.75 Å². The molecule has 0 unspecified atom stereocenters. The zero-order valence-corrected chi connectivity index (χ0v) is 16.8. The number of hydrogen-bond donors (Lipinski definition) is 2. The van der Waals surface area contributed by atoms with Gasteiger partial charge < -0.3 is 15.4 Å². The maximum atomic E-state index is 12.4. The molecule has 154 valence electrons. The lowest BCUT2D eigenvalue weighted by Gasteiger charge is -2.34. The predicted octanol–water partition coefficient (Wildman–Crippen LogP) is 1.68. The van der Waals surface area contributed by atoms with Crippen LogP contribution in [0, 0.1) is 0 Å². The number of nitrogens with zero attached hydrogens (tertiary/aromatic N) is 2. The van der Waals surface area contributed by atoms with E-state index >= 15 is 0 Å². The van der Waals surface area contributed by atoms with E-state index < -0.39 is 0 Å². The average molecular weight is 396 g/mol. The lowest BCUT2D eigenvalue weighted by Crippen LogP contribution is -2.49. The first kappa shape index (κ1) is 20.8. The van der Waals surface area contributed by atoms with E-state index in [0.717, 1.165) is 38.5 Å². The number of carbonyl (C=O) groups excluding carboxylic acids is 2. The number of para-hydroxylation sites is 1. The van der Waals surface area contributed by atoms with Crippen molar-refractivity contribution in [2.75, 3.05) is 58.2 Å². The van der Waals surface area contributed by atoms with Gasteiger partial charge in [-0.1, -0.05) is 24.3 Å². The second kappa shape index (κ2) is 10.6. The molecule has 2 aromatic rings. The molecule has 3 rings (SSSR count). The second-order valence-electron chi connectivity index (χ2n) is 6.99. The summed E-state index contributed by atoms with van der Waals surface area (Å²) in [4.78, 5) is 28.6. The Bertz CT molecular complexity index is 805. The minimum Gasteiger partial charge on any atom is -0.492 e. The first-order chi connectivity index (χ1) is 14.1. The third-order valence-corrected chi connectivity index (χ3v) is 4.89. The molecule has 0 saturated carbocycles. The topological polar surface area (TPSA) is 73.9 Å². The van der Waals surface area contributed by atoms with E-state index in [9.17, 15) is 9.59 Å². The minimum atomic E-state index is -0.173. The van der Waals surface area contributed by atoms with Gasteiger partial charge in [0.05, 0.1) is 6.54 Å². The molecule has 1 fully saturated rings. The highest BCUT2D eigenvalue weighted by molar-refractivity contribution is 5.97. The SMILES string of the molecule is CNC(=O)c1cccc(NC(=O)CN2CCN(CCOc3ccccc3)CC2)c1. The summed E-state index contributed by atoms with van der Waals surface area (Å²) < 4.78 is 5.75. The Balaban J connectivity index is 1.37. The van der Waals surface area contributed by atoms with Gasteiger partial charge in [-0.05, 0) is 30.3 Å². The van der Waals surface area contributed by atoms with Crippen LogP contribution in [0.2, 0.25) is 0 Å². The number of piperazine rings is 1. The van der Waals surface area contributed by atoms with Crippen molar-refractivity contribution in [3.05, 3.63) is 60.2 Å². The number of nitrogens with one attached hydrogen (secondary N) is 2. The van der Waals surface area contributed by atoms with E-state index in [0.29, 0.717) is 24.4 Å². The number of rotatable bonds is 8. The number of ether oxygens (including phenoxy) is 1. The Labute approximate surface area is 171 Å². The molecule has 0 aromatic heterocycles. The number of carbonyl (C=O) groups is 2. The van der Waals surface area contributed by atoms with Crippen molar-refractivity contribution in [1.29, 1.82) is 0 Å². The van der Waals surface area contributed by atoms with E-state index in [2.05, 4.69) is 20.4 Å². The quantitative estimate of drug-likeness (QED) is 0.710. The summed E-state index contributed by atoms with van der Waals surface area (Å²) in [5.74, 6) is 0.650. The zero-order chi connectivity index (χ0) is 20.5. The molecule has 29 heavy (non-hydrogen) atoms. The highest BCUT2D eigenvalue weighted by Gasteiger charge is 2.19. The smallest absolute Gasteiger partial charge is 0.251 e. The first-order valence-electron chi connectivity index (χ1n) is 9.88. The molecule has 7 nitrogen and oxygen atoms in total. The lowest BCUT2D eigenvalue weighted by atomic mass is 10.2. The average Bonchev–Trinajstić information content (AvgIpc) is 2.75. The molecule has 0 atom stereocenters. The third kappa shape index (κ3) is 6.58. The predicted molar refractivity (Wildman–Crippen MR) is 113 cm³/mol. The Morgan fingerprint density at radius 2 is 1.69 bits per heavy atom. The van der Waals surface area contributed by atoms with Crippen LogP contribution in [0.15, 0.2) is 54.6 Å². The van der Waals surface area contributed by atoms with Crippen LogP contribution in [0.25, 0.3) is 0 Å². The van der Waals surface area contributed by atoms with Gasteiger partial charge in [0.25, 0.3) is 5.91 Å². The van der Waals surface area contributed by atoms with Crippen molar-refractivity contribution < 1.29 is 14.3 Å². The Kier molecular flexibility index (Phi) is 7.61. The molecule has 0 radical (unpaired) electrons. The van der Waals surface area contributed by atoms with E-state index in [4.69, 9.17) is 4.74 Å². The number of amides is 2. The Morgan fingerprint density at radius 3 is 2.41 bits per heavy atom. The Morgan fingerprint density at radius 1 is 0.966 bits per heavy atom. The molecule has 0 aliphatic carbocycles. The molecule has 0 spiro atoms. The van der Waals surface area contributed by atoms with Crippen LogP contribution < -0.4 is 15.4 Å². The molecular weight excluding hydrogens is 368 g/mol. The molecule has 1 heterocycles. The first-order valence-corrected chi connectivity index (χ1v) is 9.88. The Hall–Kier alpha value is -2.90.